The molecule has 2 amide bonds. The second-order valence-electron chi connectivity index (χ2n) is 7.49. The number of aryl methyl sites for hydroxylation is 1. The Morgan fingerprint density at radius 1 is 0.871 bits per heavy atom. The van der Waals surface area contributed by atoms with Crippen molar-refractivity contribution in [3.05, 3.63) is 47.5 Å². The number of hydrogen-bond donors (Lipinski definition) is 0. The Labute approximate surface area is 181 Å². The number of carbonyl (C=O) groups is 2. The lowest BCUT2D eigenvalue weighted by Crippen LogP contribution is -2.57. The number of amides is 2. The van der Waals surface area contributed by atoms with E-state index in [1.807, 2.05) is 23.2 Å². The van der Waals surface area contributed by atoms with Crippen LogP contribution in [-0.2, 0) is 11.2 Å². The molecule has 0 spiro atoms. The normalized spacial score (nSPS) is 16.7. The molecule has 0 bridgehead atoms. The third-order valence-corrected chi connectivity index (χ3v) is 5.80. The van der Waals surface area contributed by atoms with Gasteiger partial charge in [0.2, 0.25) is 11.7 Å². The molecule has 164 valence electrons. The third kappa shape index (κ3) is 3.90. The number of para-hydroxylation sites is 1. The first-order chi connectivity index (χ1) is 15.1. The maximum absolute atomic E-state index is 13.2. The zero-order valence-electron chi connectivity index (χ0n) is 18.1. The number of methoxy groups -OCH3 is 3. The topological polar surface area (TPSA) is 71.6 Å². The first-order valence-electron chi connectivity index (χ1n) is 10.3. The lowest BCUT2D eigenvalue weighted by Gasteiger charge is -2.43. The van der Waals surface area contributed by atoms with E-state index in [1.165, 1.54) is 26.9 Å². The highest BCUT2D eigenvalue weighted by Gasteiger charge is 2.32. The van der Waals surface area contributed by atoms with Crippen molar-refractivity contribution in [2.75, 3.05) is 52.5 Å². The summed E-state index contributed by atoms with van der Waals surface area (Å²) in [6, 6.07) is 11.3. The summed E-state index contributed by atoms with van der Waals surface area (Å²) in [4.78, 5) is 27.6. The van der Waals surface area contributed by atoms with Crippen LogP contribution in [0.15, 0.2) is 36.4 Å². The summed E-state index contributed by atoms with van der Waals surface area (Å²) >= 11 is 0. The van der Waals surface area contributed by atoms with E-state index in [-0.39, 0.29) is 11.8 Å². The predicted molar refractivity (Wildman–Crippen MR) is 116 cm³/mol. The van der Waals surface area contributed by atoms with Crippen LogP contribution < -0.4 is 19.2 Å². The molecule has 0 N–H and O–H groups in total. The van der Waals surface area contributed by atoms with Crippen molar-refractivity contribution in [2.45, 2.75) is 12.8 Å². The van der Waals surface area contributed by atoms with E-state index in [0.29, 0.717) is 55.4 Å². The molecule has 8 heteroatoms. The number of piperazine rings is 1. The molecule has 1 saturated heterocycles. The van der Waals surface area contributed by atoms with Crippen LogP contribution in [0.1, 0.15) is 22.3 Å². The molecule has 0 saturated carbocycles. The number of hydrazine groups is 1. The van der Waals surface area contributed by atoms with E-state index in [9.17, 15) is 9.59 Å². The molecule has 2 aromatic rings. The maximum Gasteiger partial charge on any atom is 0.254 e. The van der Waals surface area contributed by atoms with E-state index in [4.69, 9.17) is 14.2 Å². The Hall–Kier alpha value is -3.26. The summed E-state index contributed by atoms with van der Waals surface area (Å²) in [5, 5.41) is 3.83. The molecule has 2 aliphatic rings. The van der Waals surface area contributed by atoms with Crippen LogP contribution in [0.4, 0.5) is 5.69 Å². The molecule has 31 heavy (non-hydrogen) atoms. The Morgan fingerprint density at radius 2 is 1.52 bits per heavy atom. The van der Waals surface area contributed by atoms with E-state index < -0.39 is 0 Å². The Kier molecular flexibility index (Phi) is 5.99. The molecule has 0 unspecified atom stereocenters. The van der Waals surface area contributed by atoms with Crippen molar-refractivity contribution in [3.8, 4) is 17.2 Å². The SMILES string of the molecule is COc1cc(C(=O)N2CCN(N3C(=O)CCc4ccccc43)CC2)cc(OC)c1OC. The molecular formula is C23H27N3O5. The van der Waals surface area contributed by atoms with Crippen molar-refractivity contribution in [1.29, 1.82) is 0 Å². The fourth-order valence-corrected chi connectivity index (χ4v) is 4.21. The zero-order chi connectivity index (χ0) is 22.0. The first kappa shape index (κ1) is 21.0. The van der Waals surface area contributed by atoms with Gasteiger partial charge in [-0.1, -0.05) is 18.2 Å². The number of anilines is 1. The molecule has 0 radical (unpaired) electrons. The molecular weight excluding hydrogens is 398 g/mol. The average Bonchev–Trinajstić information content (AvgIpc) is 2.82. The second-order valence-corrected chi connectivity index (χ2v) is 7.49. The third-order valence-electron chi connectivity index (χ3n) is 5.80. The molecule has 2 aliphatic heterocycles. The van der Waals surface area contributed by atoms with Gasteiger partial charge in [0.05, 0.1) is 27.0 Å². The summed E-state index contributed by atoms with van der Waals surface area (Å²) in [5.41, 5.74) is 2.60. The Morgan fingerprint density at radius 3 is 2.13 bits per heavy atom. The van der Waals surface area contributed by atoms with E-state index in [2.05, 4.69) is 6.07 Å². The Bertz CT molecular complexity index is 960. The van der Waals surface area contributed by atoms with Gasteiger partial charge in [-0.15, -0.1) is 0 Å². The van der Waals surface area contributed by atoms with E-state index in [0.717, 1.165) is 12.1 Å². The van der Waals surface area contributed by atoms with Gasteiger partial charge in [0, 0.05) is 38.2 Å². The van der Waals surface area contributed by atoms with Gasteiger partial charge in [0.25, 0.3) is 5.91 Å². The van der Waals surface area contributed by atoms with Gasteiger partial charge < -0.3 is 19.1 Å². The van der Waals surface area contributed by atoms with E-state index >= 15 is 0 Å². The van der Waals surface area contributed by atoms with Crippen LogP contribution in [0.2, 0.25) is 0 Å². The van der Waals surface area contributed by atoms with Crippen LogP contribution in [0, 0.1) is 0 Å². The van der Waals surface area contributed by atoms with Gasteiger partial charge in [0.1, 0.15) is 0 Å². The number of hydrogen-bond acceptors (Lipinski definition) is 6. The van der Waals surface area contributed by atoms with Gasteiger partial charge in [-0.3, -0.25) is 9.59 Å². The first-order valence-corrected chi connectivity index (χ1v) is 10.3. The quantitative estimate of drug-likeness (QED) is 0.733. The number of carbonyl (C=O) groups excluding carboxylic acids is 2. The second kappa shape index (κ2) is 8.85. The molecule has 0 aliphatic carbocycles. The van der Waals surface area contributed by atoms with Crippen LogP contribution >= 0.6 is 0 Å². The summed E-state index contributed by atoms with van der Waals surface area (Å²) in [6.45, 7) is 2.19. The highest BCUT2D eigenvalue weighted by molar-refractivity contribution is 5.96. The van der Waals surface area contributed by atoms with Gasteiger partial charge in [-0.2, -0.15) is 0 Å². The number of ether oxygens (including phenoxy) is 3. The van der Waals surface area contributed by atoms with Crippen molar-refractivity contribution < 1.29 is 23.8 Å². The van der Waals surface area contributed by atoms with E-state index in [1.54, 1.807) is 22.0 Å². The highest BCUT2D eigenvalue weighted by atomic mass is 16.5. The number of benzene rings is 2. The molecule has 4 rings (SSSR count). The minimum absolute atomic E-state index is 0.100. The lowest BCUT2D eigenvalue weighted by atomic mass is 10.0. The number of fused-ring (bicyclic) bond motifs is 1. The largest absolute Gasteiger partial charge is 0.493 e. The summed E-state index contributed by atoms with van der Waals surface area (Å²) in [7, 11) is 4.58. The van der Waals surface area contributed by atoms with Crippen LogP contribution in [0.5, 0.6) is 17.2 Å². The van der Waals surface area contributed by atoms with Gasteiger partial charge in [-0.05, 0) is 30.2 Å². The smallest absolute Gasteiger partial charge is 0.254 e. The molecule has 1 fully saturated rings. The standard InChI is InChI=1S/C23H27N3O5/c1-29-19-14-17(15-20(30-2)22(19)31-3)23(28)24-10-12-25(13-11-24)26-18-7-5-4-6-16(18)8-9-21(26)27/h4-7,14-15H,8-13H2,1-3H3. The monoisotopic (exact) mass is 425 g/mol. The number of nitrogens with zero attached hydrogens (tertiary/aromatic N) is 3. The van der Waals surface area contributed by atoms with Crippen LogP contribution in [0.25, 0.3) is 0 Å². The summed E-state index contributed by atoms with van der Waals surface area (Å²) < 4.78 is 16.1. The van der Waals surface area contributed by atoms with Crippen molar-refractivity contribution in [2.24, 2.45) is 0 Å². The minimum Gasteiger partial charge on any atom is -0.493 e. The van der Waals surface area contributed by atoms with Gasteiger partial charge >= 0.3 is 0 Å². The molecule has 0 aromatic heterocycles. The Balaban J connectivity index is 1.50. The lowest BCUT2D eigenvalue weighted by molar-refractivity contribution is -0.122. The predicted octanol–water partition coefficient (Wildman–Crippen LogP) is 2.36. The van der Waals surface area contributed by atoms with Crippen LogP contribution in [0.3, 0.4) is 0 Å². The molecule has 2 aromatic carbocycles. The van der Waals surface area contributed by atoms with Gasteiger partial charge in [-0.25, -0.2) is 10.0 Å². The fourth-order valence-electron chi connectivity index (χ4n) is 4.21. The molecule has 2 heterocycles. The summed E-state index contributed by atoms with van der Waals surface area (Å²) in [5.74, 6) is 1.33. The average molecular weight is 425 g/mol. The molecule has 8 nitrogen and oxygen atoms in total. The van der Waals surface area contributed by atoms with Crippen molar-refractivity contribution in [3.63, 3.8) is 0 Å². The maximum atomic E-state index is 13.2. The summed E-state index contributed by atoms with van der Waals surface area (Å²) in [6.07, 6.45) is 1.27. The van der Waals surface area contributed by atoms with Gasteiger partial charge in [0.15, 0.2) is 11.5 Å². The van der Waals surface area contributed by atoms with Crippen molar-refractivity contribution >= 4 is 17.5 Å². The number of rotatable bonds is 5. The highest BCUT2D eigenvalue weighted by Crippen LogP contribution is 2.38. The molecule has 0 atom stereocenters. The fraction of sp³-hybridized carbons (Fsp3) is 0.391. The zero-order valence-corrected chi connectivity index (χ0v) is 18.1. The van der Waals surface area contributed by atoms with Crippen molar-refractivity contribution in [1.82, 2.24) is 9.91 Å². The van der Waals surface area contributed by atoms with Crippen LogP contribution in [-0.4, -0.2) is 69.2 Å². The minimum atomic E-state index is -0.107.